The maximum Gasteiger partial charge on any atom is 0.216 e. The van der Waals surface area contributed by atoms with E-state index >= 15 is 0 Å². The van der Waals surface area contributed by atoms with Crippen LogP contribution in [-0.2, 0) is 26.1 Å². The van der Waals surface area contributed by atoms with Crippen molar-refractivity contribution in [1.29, 1.82) is 0 Å². The molecule has 6 nitrogen and oxygen atoms in total. The molecule has 0 N–H and O–H groups in total. The molecule has 0 saturated carbocycles. The minimum atomic E-state index is -3.19. The van der Waals surface area contributed by atoms with E-state index in [0.29, 0.717) is 26.3 Å². The van der Waals surface area contributed by atoms with Crippen molar-refractivity contribution in [3.8, 4) is 0 Å². The molecule has 3 rings (SSSR count). The first-order valence-electron chi connectivity index (χ1n) is 8.06. The molecule has 0 aromatic carbocycles. The van der Waals surface area contributed by atoms with Gasteiger partial charge in [-0.05, 0) is 32.4 Å². The fourth-order valence-electron chi connectivity index (χ4n) is 3.11. The Balaban J connectivity index is 1.54. The van der Waals surface area contributed by atoms with Crippen LogP contribution in [0.3, 0.4) is 0 Å². The summed E-state index contributed by atoms with van der Waals surface area (Å²) in [7, 11) is -3.19. The summed E-state index contributed by atoms with van der Waals surface area (Å²) in [5.41, 5.74) is 0.542. The van der Waals surface area contributed by atoms with E-state index in [1.165, 1.54) is 4.31 Å². The van der Waals surface area contributed by atoms with E-state index in [0.717, 1.165) is 18.5 Å². The van der Waals surface area contributed by atoms with E-state index in [-0.39, 0.29) is 17.0 Å². The first-order valence-corrected chi connectivity index (χ1v) is 9.56. The molecule has 2 aliphatic heterocycles. The van der Waals surface area contributed by atoms with Crippen molar-refractivity contribution in [2.75, 3.05) is 19.7 Å². The van der Waals surface area contributed by atoms with Gasteiger partial charge < -0.3 is 9.47 Å². The summed E-state index contributed by atoms with van der Waals surface area (Å²) in [6.07, 6.45) is 3.43. The standard InChI is InChI=1S/C16H24N2O4S/c1-13(2)23(19,20)18-11-16(12-18)9-15(6-8-22-16)21-10-14-5-3-4-7-17-14/h3-5,7,13,15H,6,8-12H2,1-2H3. The largest absolute Gasteiger partial charge is 0.372 e. The molecule has 1 aromatic rings. The Kier molecular flexibility index (Phi) is 4.73. The van der Waals surface area contributed by atoms with Gasteiger partial charge in [-0.15, -0.1) is 0 Å². The maximum absolute atomic E-state index is 12.2. The smallest absolute Gasteiger partial charge is 0.216 e. The predicted octanol–water partition coefficient (Wildman–Crippen LogP) is 1.57. The van der Waals surface area contributed by atoms with Gasteiger partial charge in [-0.2, -0.15) is 4.31 Å². The van der Waals surface area contributed by atoms with Crippen LogP contribution in [-0.4, -0.2) is 54.4 Å². The van der Waals surface area contributed by atoms with Crippen molar-refractivity contribution in [2.45, 2.75) is 50.3 Å². The first-order chi connectivity index (χ1) is 10.9. The van der Waals surface area contributed by atoms with Crippen LogP contribution in [0.5, 0.6) is 0 Å². The fraction of sp³-hybridized carbons (Fsp3) is 0.688. The van der Waals surface area contributed by atoms with Gasteiger partial charge in [0.25, 0.3) is 0 Å². The number of aromatic nitrogens is 1. The molecule has 0 bridgehead atoms. The van der Waals surface area contributed by atoms with Gasteiger partial charge in [0.2, 0.25) is 10.0 Å². The molecule has 128 valence electrons. The number of pyridine rings is 1. The Hall–Kier alpha value is -1.02. The summed E-state index contributed by atoms with van der Waals surface area (Å²) in [5, 5.41) is -0.389. The third kappa shape index (κ3) is 3.57. The maximum atomic E-state index is 12.2. The normalized spacial score (nSPS) is 24.7. The number of rotatable bonds is 5. The summed E-state index contributed by atoms with van der Waals surface area (Å²) in [4.78, 5) is 4.25. The molecule has 2 fully saturated rings. The Bertz CT molecular complexity index is 627. The number of hydrogen-bond donors (Lipinski definition) is 0. The number of hydrogen-bond acceptors (Lipinski definition) is 5. The van der Waals surface area contributed by atoms with E-state index in [1.807, 2.05) is 18.2 Å². The molecule has 1 aromatic heterocycles. The van der Waals surface area contributed by atoms with Crippen LogP contribution in [0.2, 0.25) is 0 Å². The summed E-state index contributed by atoms with van der Waals surface area (Å²) < 4.78 is 37.7. The lowest BCUT2D eigenvalue weighted by Crippen LogP contribution is -2.67. The van der Waals surface area contributed by atoms with Crippen molar-refractivity contribution in [2.24, 2.45) is 0 Å². The highest BCUT2D eigenvalue weighted by atomic mass is 32.2. The van der Waals surface area contributed by atoms with Gasteiger partial charge in [0.15, 0.2) is 0 Å². The molecule has 0 radical (unpaired) electrons. The van der Waals surface area contributed by atoms with Crippen LogP contribution < -0.4 is 0 Å². The molecular weight excluding hydrogens is 316 g/mol. The van der Waals surface area contributed by atoms with E-state index in [2.05, 4.69) is 4.98 Å². The van der Waals surface area contributed by atoms with Crippen LogP contribution in [0.15, 0.2) is 24.4 Å². The second-order valence-electron chi connectivity index (χ2n) is 6.64. The summed E-state index contributed by atoms with van der Waals surface area (Å²) >= 11 is 0. The van der Waals surface area contributed by atoms with E-state index < -0.39 is 10.0 Å². The van der Waals surface area contributed by atoms with Gasteiger partial charge in [0, 0.05) is 32.3 Å². The topological polar surface area (TPSA) is 68.7 Å². The van der Waals surface area contributed by atoms with Crippen LogP contribution in [0, 0.1) is 0 Å². The third-order valence-electron chi connectivity index (χ3n) is 4.53. The lowest BCUT2D eigenvalue weighted by Gasteiger charge is -2.52. The lowest BCUT2D eigenvalue weighted by atomic mass is 9.86. The van der Waals surface area contributed by atoms with Gasteiger partial charge >= 0.3 is 0 Å². The quantitative estimate of drug-likeness (QED) is 0.814. The zero-order valence-electron chi connectivity index (χ0n) is 13.6. The van der Waals surface area contributed by atoms with Gasteiger partial charge in [-0.25, -0.2) is 8.42 Å². The average molecular weight is 340 g/mol. The van der Waals surface area contributed by atoms with Gasteiger partial charge in [-0.1, -0.05) is 6.07 Å². The van der Waals surface area contributed by atoms with E-state index in [4.69, 9.17) is 9.47 Å². The van der Waals surface area contributed by atoms with Crippen molar-refractivity contribution in [3.63, 3.8) is 0 Å². The zero-order valence-corrected chi connectivity index (χ0v) is 14.5. The average Bonchev–Trinajstić information content (AvgIpc) is 2.51. The molecule has 0 aliphatic carbocycles. The number of ether oxygens (including phenoxy) is 2. The van der Waals surface area contributed by atoms with Gasteiger partial charge in [0.1, 0.15) is 0 Å². The second kappa shape index (κ2) is 6.47. The second-order valence-corrected chi connectivity index (χ2v) is 9.13. The molecule has 2 aliphatic rings. The SMILES string of the molecule is CC(C)S(=O)(=O)N1CC2(CC(OCc3ccccn3)CCO2)C1. The highest BCUT2D eigenvalue weighted by Crippen LogP contribution is 2.37. The van der Waals surface area contributed by atoms with Crippen LogP contribution >= 0.6 is 0 Å². The molecule has 2 saturated heterocycles. The lowest BCUT2D eigenvalue weighted by molar-refractivity contribution is -0.180. The molecule has 1 spiro atoms. The minimum absolute atomic E-state index is 0.0923. The monoisotopic (exact) mass is 340 g/mol. The Morgan fingerprint density at radius 3 is 2.87 bits per heavy atom. The third-order valence-corrected chi connectivity index (χ3v) is 6.69. The van der Waals surface area contributed by atoms with Crippen molar-refractivity contribution < 1.29 is 17.9 Å². The van der Waals surface area contributed by atoms with E-state index in [1.54, 1.807) is 20.0 Å². The van der Waals surface area contributed by atoms with Crippen molar-refractivity contribution >= 4 is 10.0 Å². The van der Waals surface area contributed by atoms with Gasteiger partial charge in [-0.3, -0.25) is 4.98 Å². The van der Waals surface area contributed by atoms with Crippen LogP contribution in [0.1, 0.15) is 32.4 Å². The zero-order chi connectivity index (χ0) is 16.5. The molecule has 0 amide bonds. The molecule has 3 heterocycles. The Morgan fingerprint density at radius 2 is 2.22 bits per heavy atom. The Labute approximate surface area is 137 Å². The Morgan fingerprint density at radius 1 is 1.43 bits per heavy atom. The van der Waals surface area contributed by atoms with Crippen LogP contribution in [0.4, 0.5) is 0 Å². The highest BCUT2D eigenvalue weighted by molar-refractivity contribution is 7.89. The van der Waals surface area contributed by atoms with Gasteiger partial charge in [0.05, 0.1) is 29.3 Å². The fourth-order valence-corrected chi connectivity index (χ4v) is 4.53. The van der Waals surface area contributed by atoms with Crippen LogP contribution in [0.25, 0.3) is 0 Å². The molecule has 23 heavy (non-hydrogen) atoms. The predicted molar refractivity (Wildman–Crippen MR) is 86.4 cm³/mol. The minimum Gasteiger partial charge on any atom is -0.372 e. The molecule has 7 heteroatoms. The number of nitrogens with zero attached hydrogens (tertiary/aromatic N) is 2. The molecular formula is C16H24N2O4S. The van der Waals surface area contributed by atoms with Crippen molar-refractivity contribution in [1.82, 2.24) is 9.29 Å². The summed E-state index contributed by atoms with van der Waals surface area (Å²) in [6, 6.07) is 5.76. The molecule has 1 unspecified atom stereocenters. The first kappa shape index (κ1) is 16.8. The van der Waals surface area contributed by atoms with E-state index in [9.17, 15) is 8.42 Å². The van der Waals surface area contributed by atoms with Crippen molar-refractivity contribution in [3.05, 3.63) is 30.1 Å². The highest BCUT2D eigenvalue weighted by Gasteiger charge is 2.52. The number of sulfonamides is 1. The molecule has 1 atom stereocenters. The summed E-state index contributed by atoms with van der Waals surface area (Å²) in [5.74, 6) is 0. The summed E-state index contributed by atoms with van der Waals surface area (Å²) in [6.45, 7) is 5.40.